The van der Waals surface area contributed by atoms with Crippen LogP contribution in [0.3, 0.4) is 0 Å². The van der Waals surface area contributed by atoms with Crippen LogP contribution in [0.25, 0.3) is 0 Å². The Hall–Kier alpha value is -2.80. The first-order chi connectivity index (χ1) is 11.8. The number of carbonyl (C=O) groups is 2. The summed E-state index contributed by atoms with van der Waals surface area (Å²) in [5.41, 5.74) is 0.844. The Kier molecular flexibility index (Phi) is 6.19. The van der Waals surface area contributed by atoms with Gasteiger partial charge in [0.2, 0.25) is 0 Å². The molecule has 0 aliphatic heterocycles. The highest BCUT2D eigenvalue weighted by atomic mass is 19.1. The van der Waals surface area contributed by atoms with Gasteiger partial charge in [-0.25, -0.2) is 8.78 Å². The number of halogens is 2. The van der Waals surface area contributed by atoms with Crippen LogP contribution in [0.1, 0.15) is 6.92 Å². The smallest absolute Gasteiger partial charge is 0.282 e. The molecule has 1 unspecified atom stereocenters. The maximum Gasteiger partial charge on any atom is 0.282 e. The fourth-order valence-electron chi connectivity index (χ4n) is 2.19. The number of nitrogens with one attached hydrogen (secondary N) is 3. The Labute approximate surface area is 144 Å². The van der Waals surface area contributed by atoms with Crippen LogP contribution in [0.15, 0.2) is 48.5 Å². The molecule has 0 aliphatic rings. The van der Waals surface area contributed by atoms with Crippen LogP contribution in [0.5, 0.6) is 0 Å². The van der Waals surface area contributed by atoms with Crippen molar-refractivity contribution in [3.05, 3.63) is 60.2 Å². The Morgan fingerprint density at radius 3 is 2.32 bits per heavy atom. The first kappa shape index (κ1) is 18.5. The number of quaternary nitrogens is 1. The number of carbonyl (C=O) groups excluding carboxylic acids is 2. The van der Waals surface area contributed by atoms with Gasteiger partial charge < -0.3 is 15.5 Å². The van der Waals surface area contributed by atoms with E-state index in [4.69, 9.17) is 0 Å². The first-order valence-corrected chi connectivity index (χ1v) is 7.79. The van der Waals surface area contributed by atoms with E-state index in [9.17, 15) is 18.4 Å². The third-order valence-electron chi connectivity index (χ3n) is 3.79. The van der Waals surface area contributed by atoms with Gasteiger partial charge >= 0.3 is 0 Å². The SMILES string of the molecule is C[C@@H](C(=O)Nc1ccc(F)cc1)[NH+](C)CC(=O)Nc1cccc(F)c1. The third kappa shape index (κ3) is 5.65. The fraction of sp³-hybridized carbons (Fsp3) is 0.222. The summed E-state index contributed by atoms with van der Waals surface area (Å²) in [6, 6.07) is 10.5. The summed E-state index contributed by atoms with van der Waals surface area (Å²) in [6.45, 7) is 1.72. The van der Waals surface area contributed by atoms with E-state index in [2.05, 4.69) is 10.6 Å². The van der Waals surface area contributed by atoms with Gasteiger partial charge in [0, 0.05) is 11.4 Å². The van der Waals surface area contributed by atoms with Crippen LogP contribution < -0.4 is 15.5 Å². The number of anilines is 2. The summed E-state index contributed by atoms with van der Waals surface area (Å²) in [4.78, 5) is 24.9. The molecule has 3 N–H and O–H groups in total. The molecule has 25 heavy (non-hydrogen) atoms. The second kappa shape index (κ2) is 8.34. The van der Waals surface area contributed by atoms with Crippen LogP contribution >= 0.6 is 0 Å². The van der Waals surface area contributed by atoms with E-state index in [1.54, 1.807) is 20.0 Å². The quantitative estimate of drug-likeness (QED) is 0.740. The molecule has 0 aromatic heterocycles. The molecule has 5 nitrogen and oxygen atoms in total. The molecule has 2 aromatic rings. The zero-order valence-corrected chi connectivity index (χ0v) is 14.0. The minimum Gasteiger partial charge on any atom is -0.321 e. The monoisotopic (exact) mass is 348 g/mol. The Balaban J connectivity index is 1.88. The summed E-state index contributed by atoms with van der Waals surface area (Å²) in [6.07, 6.45) is 0. The molecule has 2 amide bonds. The summed E-state index contributed by atoms with van der Waals surface area (Å²) in [7, 11) is 1.71. The highest BCUT2D eigenvalue weighted by Crippen LogP contribution is 2.09. The van der Waals surface area contributed by atoms with E-state index in [1.807, 2.05) is 0 Å². The minimum absolute atomic E-state index is 0.0362. The van der Waals surface area contributed by atoms with Gasteiger partial charge in [0.1, 0.15) is 11.6 Å². The second-order valence-electron chi connectivity index (χ2n) is 5.80. The maximum absolute atomic E-state index is 13.1. The van der Waals surface area contributed by atoms with Crippen molar-refractivity contribution in [2.45, 2.75) is 13.0 Å². The molecule has 2 rings (SSSR count). The van der Waals surface area contributed by atoms with Crippen molar-refractivity contribution in [2.24, 2.45) is 0 Å². The van der Waals surface area contributed by atoms with E-state index >= 15 is 0 Å². The highest BCUT2D eigenvalue weighted by molar-refractivity contribution is 5.94. The average Bonchev–Trinajstić information content (AvgIpc) is 2.56. The van der Waals surface area contributed by atoms with Gasteiger partial charge in [-0.3, -0.25) is 9.59 Å². The van der Waals surface area contributed by atoms with Crippen molar-refractivity contribution in [3.63, 3.8) is 0 Å². The molecule has 0 aliphatic carbocycles. The fourth-order valence-corrected chi connectivity index (χ4v) is 2.19. The van der Waals surface area contributed by atoms with Crippen molar-refractivity contribution >= 4 is 23.2 Å². The molecule has 0 saturated carbocycles. The first-order valence-electron chi connectivity index (χ1n) is 7.79. The summed E-state index contributed by atoms with van der Waals surface area (Å²) in [5.74, 6) is -1.44. The molecule has 2 aromatic carbocycles. The van der Waals surface area contributed by atoms with Gasteiger partial charge in [0.15, 0.2) is 12.6 Å². The minimum atomic E-state index is -0.511. The van der Waals surface area contributed by atoms with Crippen molar-refractivity contribution in [1.82, 2.24) is 0 Å². The Bertz CT molecular complexity index is 750. The van der Waals surface area contributed by atoms with Gasteiger partial charge in [-0.1, -0.05) is 6.07 Å². The lowest BCUT2D eigenvalue weighted by atomic mass is 10.2. The van der Waals surface area contributed by atoms with E-state index in [0.717, 1.165) is 0 Å². The number of rotatable bonds is 6. The topological polar surface area (TPSA) is 62.6 Å². The summed E-state index contributed by atoms with van der Waals surface area (Å²) < 4.78 is 26.0. The lowest BCUT2D eigenvalue weighted by Gasteiger charge is -2.20. The molecule has 2 atom stereocenters. The molecule has 0 saturated heterocycles. The largest absolute Gasteiger partial charge is 0.321 e. The number of hydrogen-bond donors (Lipinski definition) is 3. The van der Waals surface area contributed by atoms with Crippen molar-refractivity contribution in [1.29, 1.82) is 0 Å². The Morgan fingerprint density at radius 2 is 1.68 bits per heavy atom. The van der Waals surface area contributed by atoms with Gasteiger partial charge in [0.05, 0.1) is 7.05 Å². The van der Waals surface area contributed by atoms with E-state index in [0.29, 0.717) is 16.3 Å². The van der Waals surface area contributed by atoms with Crippen LogP contribution in [-0.4, -0.2) is 31.4 Å². The van der Waals surface area contributed by atoms with Crippen molar-refractivity contribution in [3.8, 4) is 0 Å². The van der Waals surface area contributed by atoms with E-state index in [-0.39, 0.29) is 24.2 Å². The van der Waals surface area contributed by atoms with Gasteiger partial charge in [-0.15, -0.1) is 0 Å². The Morgan fingerprint density at radius 1 is 1.00 bits per heavy atom. The standard InChI is InChI=1S/C18H19F2N3O2/c1-12(18(25)22-15-8-6-13(19)7-9-15)23(2)11-17(24)21-16-5-3-4-14(20)10-16/h3-10,12H,11H2,1-2H3,(H,21,24)(H,22,25)/p+1/t12-/m0/s1. The normalized spacial score (nSPS) is 13.0. The van der Waals surface area contributed by atoms with Gasteiger partial charge in [0.25, 0.3) is 11.8 Å². The molecule has 0 radical (unpaired) electrons. The molecular weight excluding hydrogens is 328 g/mol. The van der Waals surface area contributed by atoms with Crippen LogP contribution in [-0.2, 0) is 9.59 Å². The van der Waals surface area contributed by atoms with Crippen LogP contribution in [0.2, 0.25) is 0 Å². The average molecular weight is 348 g/mol. The molecular formula is C18H20F2N3O2+. The molecule has 7 heteroatoms. The lowest BCUT2D eigenvalue weighted by Crippen LogP contribution is -3.14. The van der Waals surface area contributed by atoms with Crippen molar-refractivity contribution in [2.75, 3.05) is 24.2 Å². The van der Waals surface area contributed by atoms with Crippen molar-refractivity contribution < 1.29 is 23.3 Å². The predicted octanol–water partition coefficient (Wildman–Crippen LogP) is 1.45. The number of benzene rings is 2. The lowest BCUT2D eigenvalue weighted by molar-refractivity contribution is -0.885. The number of hydrogen-bond acceptors (Lipinski definition) is 2. The van der Waals surface area contributed by atoms with Crippen LogP contribution in [0.4, 0.5) is 20.2 Å². The third-order valence-corrected chi connectivity index (χ3v) is 3.79. The van der Waals surface area contributed by atoms with Gasteiger partial charge in [-0.05, 0) is 49.4 Å². The second-order valence-corrected chi connectivity index (χ2v) is 5.80. The highest BCUT2D eigenvalue weighted by Gasteiger charge is 2.24. The molecule has 0 fully saturated rings. The summed E-state index contributed by atoms with van der Waals surface area (Å²) >= 11 is 0. The summed E-state index contributed by atoms with van der Waals surface area (Å²) in [5, 5.41) is 5.26. The van der Waals surface area contributed by atoms with Gasteiger partial charge in [-0.2, -0.15) is 0 Å². The number of amides is 2. The molecule has 132 valence electrons. The predicted molar refractivity (Wildman–Crippen MR) is 91.3 cm³/mol. The van der Waals surface area contributed by atoms with Crippen LogP contribution in [0, 0.1) is 11.6 Å². The molecule has 0 bridgehead atoms. The molecule has 0 heterocycles. The van der Waals surface area contributed by atoms with E-state index < -0.39 is 11.9 Å². The molecule has 0 spiro atoms. The number of likely N-dealkylation sites (N-methyl/N-ethyl adjacent to an activating group) is 1. The maximum atomic E-state index is 13.1. The zero-order chi connectivity index (χ0) is 18.4. The van der Waals surface area contributed by atoms with E-state index in [1.165, 1.54) is 42.5 Å². The zero-order valence-electron chi connectivity index (χ0n) is 14.0.